The molecular formula is C23H28N2O3. The molecule has 1 N–H and O–H groups in total. The highest BCUT2D eigenvalue weighted by molar-refractivity contribution is 5.89. The van der Waals surface area contributed by atoms with Crippen LogP contribution < -0.4 is 5.32 Å². The van der Waals surface area contributed by atoms with Crippen molar-refractivity contribution in [3.8, 4) is 0 Å². The molecule has 1 fully saturated rings. The minimum atomic E-state index is -0.319. The summed E-state index contributed by atoms with van der Waals surface area (Å²) in [5.41, 5.74) is 2.95. The van der Waals surface area contributed by atoms with Crippen molar-refractivity contribution >= 4 is 11.9 Å². The third kappa shape index (κ3) is 5.42. The molecule has 1 amide bonds. The van der Waals surface area contributed by atoms with Crippen molar-refractivity contribution in [1.29, 1.82) is 0 Å². The maximum atomic E-state index is 12.2. The first-order valence-electron chi connectivity index (χ1n) is 9.88. The number of esters is 1. The summed E-state index contributed by atoms with van der Waals surface area (Å²) in [5.74, 6) is -0.0414. The van der Waals surface area contributed by atoms with Crippen LogP contribution in [-0.4, -0.2) is 43.0 Å². The Morgan fingerprint density at radius 1 is 1.11 bits per heavy atom. The topological polar surface area (TPSA) is 58.6 Å². The molecule has 1 atom stereocenters. The minimum Gasteiger partial charge on any atom is -0.465 e. The Hall–Kier alpha value is -2.66. The first-order chi connectivity index (χ1) is 13.7. The zero-order valence-corrected chi connectivity index (χ0v) is 16.4. The second-order valence-corrected chi connectivity index (χ2v) is 7.17. The van der Waals surface area contributed by atoms with Crippen LogP contribution in [-0.2, 0) is 22.5 Å². The quantitative estimate of drug-likeness (QED) is 0.536. The Bertz CT molecular complexity index is 774. The Balaban J connectivity index is 1.42. The Kier molecular flexibility index (Phi) is 7.20. The lowest BCUT2D eigenvalue weighted by molar-refractivity contribution is -0.129. The SMILES string of the molecule is COC(=O)c1ccc(CNCCC2CCC(=O)N2CCc2ccccc2)cc1. The molecule has 0 aromatic heterocycles. The van der Waals surface area contributed by atoms with Crippen LogP contribution in [0.4, 0.5) is 0 Å². The number of benzene rings is 2. The van der Waals surface area contributed by atoms with Crippen LogP contribution in [0.1, 0.15) is 40.7 Å². The lowest BCUT2D eigenvalue weighted by Gasteiger charge is -2.25. The van der Waals surface area contributed by atoms with Gasteiger partial charge in [0.15, 0.2) is 0 Å². The summed E-state index contributed by atoms with van der Waals surface area (Å²) in [5, 5.41) is 3.45. The van der Waals surface area contributed by atoms with E-state index in [0.717, 1.165) is 44.5 Å². The van der Waals surface area contributed by atoms with Gasteiger partial charge in [-0.25, -0.2) is 4.79 Å². The van der Waals surface area contributed by atoms with E-state index in [1.54, 1.807) is 12.1 Å². The third-order valence-corrected chi connectivity index (χ3v) is 5.30. The highest BCUT2D eigenvalue weighted by Crippen LogP contribution is 2.21. The van der Waals surface area contributed by atoms with Crippen LogP contribution in [0.3, 0.4) is 0 Å². The van der Waals surface area contributed by atoms with E-state index in [9.17, 15) is 9.59 Å². The van der Waals surface area contributed by atoms with Crippen molar-refractivity contribution in [2.45, 2.75) is 38.3 Å². The van der Waals surface area contributed by atoms with Gasteiger partial charge in [0, 0.05) is 25.6 Å². The lowest BCUT2D eigenvalue weighted by atomic mass is 10.1. The lowest BCUT2D eigenvalue weighted by Crippen LogP contribution is -2.36. The number of hydrogen-bond donors (Lipinski definition) is 1. The summed E-state index contributed by atoms with van der Waals surface area (Å²) in [7, 11) is 1.38. The van der Waals surface area contributed by atoms with Gasteiger partial charge in [-0.2, -0.15) is 0 Å². The van der Waals surface area contributed by atoms with E-state index in [2.05, 4.69) is 22.3 Å². The van der Waals surface area contributed by atoms with Crippen molar-refractivity contribution in [2.75, 3.05) is 20.2 Å². The predicted octanol–water partition coefficient (Wildman–Crippen LogP) is 3.19. The highest BCUT2D eigenvalue weighted by atomic mass is 16.5. The van der Waals surface area contributed by atoms with Crippen LogP contribution in [0.15, 0.2) is 54.6 Å². The van der Waals surface area contributed by atoms with Gasteiger partial charge in [0.1, 0.15) is 0 Å². The zero-order valence-electron chi connectivity index (χ0n) is 16.4. The molecule has 0 radical (unpaired) electrons. The summed E-state index contributed by atoms with van der Waals surface area (Å²) < 4.78 is 4.71. The summed E-state index contributed by atoms with van der Waals surface area (Å²) in [6.07, 6.45) is 3.47. The van der Waals surface area contributed by atoms with E-state index in [-0.39, 0.29) is 11.9 Å². The molecular weight excluding hydrogens is 352 g/mol. The molecule has 0 saturated carbocycles. The molecule has 0 spiro atoms. The Morgan fingerprint density at radius 2 is 1.86 bits per heavy atom. The summed E-state index contributed by atoms with van der Waals surface area (Å²) in [6, 6.07) is 18.1. The normalized spacial score (nSPS) is 16.4. The molecule has 148 valence electrons. The molecule has 2 aromatic rings. The van der Waals surface area contributed by atoms with Gasteiger partial charge >= 0.3 is 5.97 Å². The molecule has 0 aliphatic carbocycles. The number of methoxy groups -OCH3 is 1. The summed E-state index contributed by atoms with van der Waals surface area (Å²) in [4.78, 5) is 25.8. The molecule has 5 nitrogen and oxygen atoms in total. The van der Waals surface area contributed by atoms with Crippen LogP contribution >= 0.6 is 0 Å². The molecule has 0 bridgehead atoms. The number of carbonyl (C=O) groups excluding carboxylic acids is 2. The summed E-state index contributed by atoms with van der Waals surface area (Å²) in [6.45, 7) is 2.40. The maximum absolute atomic E-state index is 12.2. The number of nitrogens with one attached hydrogen (secondary N) is 1. The molecule has 2 aromatic carbocycles. The molecule has 5 heteroatoms. The molecule has 1 unspecified atom stereocenters. The van der Waals surface area contributed by atoms with Gasteiger partial charge < -0.3 is 15.0 Å². The summed E-state index contributed by atoms with van der Waals surface area (Å²) >= 11 is 0. The molecule has 1 aliphatic heterocycles. The van der Waals surface area contributed by atoms with Crippen molar-refractivity contribution in [1.82, 2.24) is 10.2 Å². The van der Waals surface area contributed by atoms with E-state index in [1.165, 1.54) is 12.7 Å². The third-order valence-electron chi connectivity index (χ3n) is 5.30. The second-order valence-electron chi connectivity index (χ2n) is 7.17. The molecule has 1 saturated heterocycles. The predicted molar refractivity (Wildman–Crippen MR) is 109 cm³/mol. The van der Waals surface area contributed by atoms with Crippen molar-refractivity contribution < 1.29 is 14.3 Å². The van der Waals surface area contributed by atoms with Crippen molar-refractivity contribution in [2.24, 2.45) is 0 Å². The fraction of sp³-hybridized carbons (Fsp3) is 0.391. The monoisotopic (exact) mass is 380 g/mol. The highest BCUT2D eigenvalue weighted by Gasteiger charge is 2.29. The van der Waals surface area contributed by atoms with Crippen LogP contribution in [0.2, 0.25) is 0 Å². The number of nitrogens with zero attached hydrogens (tertiary/aromatic N) is 1. The van der Waals surface area contributed by atoms with Gasteiger partial charge in [0.05, 0.1) is 12.7 Å². The minimum absolute atomic E-state index is 0.277. The number of amides is 1. The fourth-order valence-electron chi connectivity index (χ4n) is 3.67. The van der Waals surface area contributed by atoms with E-state index >= 15 is 0 Å². The van der Waals surface area contributed by atoms with Gasteiger partial charge in [0.2, 0.25) is 5.91 Å². The Labute approximate surface area is 166 Å². The van der Waals surface area contributed by atoms with E-state index < -0.39 is 0 Å². The molecule has 1 aliphatic rings. The van der Waals surface area contributed by atoms with Gasteiger partial charge in [-0.05, 0) is 49.1 Å². The maximum Gasteiger partial charge on any atom is 0.337 e. The van der Waals surface area contributed by atoms with E-state index in [0.29, 0.717) is 18.0 Å². The smallest absolute Gasteiger partial charge is 0.337 e. The van der Waals surface area contributed by atoms with Crippen LogP contribution in [0, 0.1) is 0 Å². The first-order valence-corrected chi connectivity index (χ1v) is 9.88. The molecule has 3 rings (SSSR count). The van der Waals surface area contributed by atoms with E-state index in [1.807, 2.05) is 30.3 Å². The molecule has 1 heterocycles. The number of rotatable bonds is 9. The number of ether oxygens (including phenoxy) is 1. The fourth-order valence-corrected chi connectivity index (χ4v) is 3.67. The van der Waals surface area contributed by atoms with Crippen LogP contribution in [0.5, 0.6) is 0 Å². The van der Waals surface area contributed by atoms with Gasteiger partial charge in [-0.1, -0.05) is 42.5 Å². The van der Waals surface area contributed by atoms with Crippen molar-refractivity contribution in [3.05, 3.63) is 71.3 Å². The first kappa shape index (κ1) is 20.1. The van der Waals surface area contributed by atoms with Gasteiger partial charge in [-0.3, -0.25) is 4.79 Å². The van der Waals surface area contributed by atoms with Gasteiger partial charge in [-0.15, -0.1) is 0 Å². The van der Waals surface area contributed by atoms with E-state index in [4.69, 9.17) is 4.74 Å². The number of carbonyl (C=O) groups is 2. The Morgan fingerprint density at radius 3 is 2.57 bits per heavy atom. The second kappa shape index (κ2) is 10.0. The largest absolute Gasteiger partial charge is 0.465 e. The molecule has 28 heavy (non-hydrogen) atoms. The number of hydrogen-bond acceptors (Lipinski definition) is 4. The van der Waals surface area contributed by atoms with Gasteiger partial charge in [0.25, 0.3) is 0 Å². The zero-order chi connectivity index (χ0) is 19.8. The van der Waals surface area contributed by atoms with Crippen molar-refractivity contribution in [3.63, 3.8) is 0 Å². The van der Waals surface area contributed by atoms with Crippen LogP contribution in [0.25, 0.3) is 0 Å². The average molecular weight is 380 g/mol. The number of likely N-dealkylation sites (tertiary alicyclic amines) is 1. The standard InChI is InChI=1S/C23H28N2O3/c1-28-23(27)20-9-7-19(8-10-20)17-24-15-13-21-11-12-22(26)25(21)16-14-18-5-3-2-4-6-18/h2-10,21,24H,11-17H2,1H3. The average Bonchev–Trinajstić information content (AvgIpc) is 3.09.